The summed E-state index contributed by atoms with van der Waals surface area (Å²) in [6.07, 6.45) is 0.976. The van der Waals surface area contributed by atoms with Crippen LogP contribution in [0.25, 0.3) is 0 Å². The summed E-state index contributed by atoms with van der Waals surface area (Å²) < 4.78 is 5.30. The Kier molecular flexibility index (Phi) is 4.05. The number of hydrogen-bond donors (Lipinski definition) is 2. The van der Waals surface area contributed by atoms with Crippen LogP contribution in [0, 0.1) is 0 Å². The Hall–Kier alpha value is -2.82. The van der Waals surface area contributed by atoms with Crippen LogP contribution in [0.15, 0.2) is 48.5 Å². The fraction of sp³-hybridized carbons (Fsp3) is 0.176. The summed E-state index contributed by atoms with van der Waals surface area (Å²) in [7, 11) is 0. The molecule has 0 saturated heterocycles. The summed E-state index contributed by atoms with van der Waals surface area (Å²) in [6.45, 7) is 0.0474. The maximum Gasteiger partial charge on any atom is 0.262 e. The predicted molar refractivity (Wildman–Crippen MR) is 84.0 cm³/mol. The van der Waals surface area contributed by atoms with Crippen molar-refractivity contribution in [2.45, 2.75) is 12.8 Å². The average molecular weight is 296 g/mol. The van der Waals surface area contributed by atoms with Crippen LogP contribution in [0.3, 0.4) is 0 Å². The van der Waals surface area contributed by atoms with E-state index in [1.165, 1.54) is 0 Å². The van der Waals surface area contributed by atoms with Crippen molar-refractivity contribution in [1.29, 1.82) is 0 Å². The van der Waals surface area contributed by atoms with Gasteiger partial charge in [-0.05, 0) is 36.2 Å². The van der Waals surface area contributed by atoms with E-state index in [9.17, 15) is 9.59 Å². The molecule has 1 aliphatic heterocycles. The third kappa shape index (κ3) is 3.44. The van der Waals surface area contributed by atoms with Gasteiger partial charge in [-0.2, -0.15) is 0 Å². The molecule has 2 amide bonds. The lowest BCUT2D eigenvalue weighted by Gasteiger charge is -2.18. The number of carbonyl (C=O) groups is 2. The molecule has 5 nitrogen and oxygen atoms in total. The van der Waals surface area contributed by atoms with E-state index in [4.69, 9.17) is 4.74 Å². The highest BCUT2D eigenvalue weighted by Gasteiger charge is 2.16. The van der Waals surface area contributed by atoms with Gasteiger partial charge in [0.2, 0.25) is 5.91 Å². The Balaban J connectivity index is 1.58. The van der Waals surface area contributed by atoms with Gasteiger partial charge >= 0.3 is 0 Å². The van der Waals surface area contributed by atoms with Gasteiger partial charge in [0.15, 0.2) is 6.61 Å². The van der Waals surface area contributed by atoms with Crippen molar-refractivity contribution >= 4 is 23.2 Å². The third-order valence-electron chi connectivity index (χ3n) is 3.38. The molecule has 0 saturated carbocycles. The van der Waals surface area contributed by atoms with Crippen molar-refractivity contribution in [3.63, 3.8) is 0 Å². The van der Waals surface area contributed by atoms with Gasteiger partial charge in [-0.3, -0.25) is 9.59 Å². The van der Waals surface area contributed by atoms with Crippen molar-refractivity contribution in [2.24, 2.45) is 0 Å². The van der Waals surface area contributed by atoms with E-state index >= 15 is 0 Å². The normalized spacial score (nSPS) is 12.8. The van der Waals surface area contributed by atoms with E-state index in [1.54, 1.807) is 0 Å². The molecule has 2 N–H and O–H groups in total. The molecule has 22 heavy (non-hydrogen) atoms. The van der Waals surface area contributed by atoms with Crippen molar-refractivity contribution < 1.29 is 14.3 Å². The van der Waals surface area contributed by atoms with Crippen molar-refractivity contribution in [2.75, 3.05) is 17.2 Å². The molecule has 1 heterocycles. The van der Waals surface area contributed by atoms with Crippen LogP contribution in [-0.4, -0.2) is 18.4 Å². The van der Waals surface area contributed by atoms with Crippen molar-refractivity contribution in [1.82, 2.24) is 0 Å². The maximum absolute atomic E-state index is 11.9. The first-order chi connectivity index (χ1) is 10.7. The molecule has 0 fully saturated rings. The number of nitrogens with one attached hydrogen (secondary N) is 2. The summed E-state index contributed by atoms with van der Waals surface area (Å²) >= 11 is 0. The fourth-order valence-electron chi connectivity index (χ4n) is 2.29. The standard InChI is InChI=1S/C17H16N2O3/c20-16(18-13-4-2-1-3-5-13)9-7-12-6-8-15-14(10-12)19-17(21)11-22-15/h1-6,8,10H,7,9,11H2,(H,18,20)(H,19,21). The van der Waals surface area contributed by atoms with E-state index < -0.39 is 0 Å². The summed E-state index contributed by atoms with van der Waals surface area (Å²) in [5.41, 5.74) is 2.43. The van der Waals surface area contributed by atoms with Crippen LogP contribution >= 0.6 is 0 Å². The van der Waals surface area contributed by atoms with Crippen LogP contribution in [0.1, 0.15) is 12.0 Å². The zero-order valence-electron chi connectivity index (χ0n) is 12.0. The van der Waals surface area contributed by atoms with Crippen molar-refractivity contribution in [3.8, 4) is 5.75 Å². The van der Waals surface area contributed by atoms with Gasteiger partial charge in [0.05, 0.1) is 5.69 Å². The molecule has 0 aromatic heterocycles. The molecular weight excluding hydrogens is 280 g/mol. The number of hydrogen-bond acceptors (Lipinski definition) is 3. The lowest BCUT2D eigenvalue weighted by Crippen LogP contribution is -2.25. The van der Waals surface area contributed by atoms with Crippen LogP contribution in [0.2, 0.25) is 0 Å². The highest BCUT2D eigenvalue weighted by molar-refractivity contribution is 5.95. The van der Waals surface area contributed by atoms with Crippen molar-refractivity contribution in [3.05, 3.63) is 54.1 Å². The highest BCUT2D eigenvalue weighted by atomic mass is 16.5. The summed E-state index contributed by atoms with van der Waals surface area (Å²) in [5, 5.41) is 5.61. The van der Waals surface area contributed by atoms with E-state index in [1.807, 2.05) is 48.5 Å². The number of ether oxygens (including phenoxy) is 1. The van der Waals surface area contributed by atoms with Gasteiger partial charge in [-0.1, -0.05) is 24.3 Å². The molecule has 0 unspecified atom stereocenters. The minimum atomic E-state index is -0.161. The number of carbonyl (C=O) groups excluding carboxylic acids is 2. The number of para-hydroxylation sites is 1. The number of benzene rings is 2. The summed E-state index contributed by atoms with van der Waals surface area (Å²) in [5.74, 6) is 0.466. The Morgan fingerprint density at radius 1 is 1.18 bits per heavy atom. The monoisotopic (exact) mass is 296 g/mol. The molecule has 5 heteroatoms. The number of amides is 2. The number of aryl methyl sites for hydroxylation is 1. The van der Waals surface area contributed by atoms with Crippen LogP contribution in [0.4, 0.5) is 11.4 Å². The second-order valence-electron chi connectivity index (χ2n) is 5.08. The molecule has 1 aliphatic rings. The Bertz CT molecular complexity index is 698. The summed E-state index contributed by atoms with van der Waals surface area (Å²) in [6, 6.07) is 14.9. The number of fused-ring (bicyclic) bond motifs is 1. The minimum absolute atomic E-state index is 0.0378. The zero-order chi connectivity index (χ0) is 15.4. The molecule has 3 rings (SSSR count). The Labute approximate surface area is 128 Å². The molecule has 0 spiro atoms. The smallest absolute Gasteiger partial charge is 0.262 e. The third-order valence-corrected chi connectivity index (χ3v) is 3.38. The molecule has 0 aliphatic carbocycles. The Morgan fingerprint density at radius 3 is 2.82 bits per heavy atom. The lowest BCUT2D eigenvalue weighted by molar-refractivity contribution is -0.118. The quantitative estimate of drug-likeness (QED) is 0.911. The first kappa shape index (κ1) is 14.1. The minimum Gasteiger partial charge on any atom is -0.482 e. The van der Waals surface area contributed by atoms with Crippen LogP contribution in [0.5, 0.6) is 5.75 Å². The first-order valence-corrected chi connectivity index (χ1v) is 7.11. The van der Waals surface area contributed by atoms with Gasteiger partial charge < -0.3 is 15.4 Å². The predicted octanol–water partition coefficient (Wildman–Crippen LogP) is 2.59. The van der Waals surface area contributed by atoms with Gasteiger partial charge in [0, 0.05) is 12.1 Å². The second-order valence-corrected chi connectivity index (χ2v) is 5.08. The summed E-state index contributed by atoms with van der Waals surface area (Å²) in [4.78, 5) is 23.2. The van der Waals surface area contributed by atoms with Gasteiger partial charge in [0.1, 0.15) is 5.75 Å². The highest BCUT2D eigenvalue weighted by Crippen LogP contribution is 2.28. The van der Waals surface area contributed by atoms with Gasteiger partial charge in [-0.25, -0.2) is 0 Å². The van der Waals surface area contributed by atoms with Gasteiger partial charge in [0.25, 0.3) is 5.91 Å². The number of rotatable bonds is 4. The van der Waals surface area contributed by atoms with E-state index in [0.717, 1.165) is 11.3 Å². The molecule has 112 valence electrons. The lowest BCUT2D eigenvalue weighted by atomic mass is 10.1. The van der Waals surface area contributed by atoms with E-state index in [-0.39, 0.29) is 18.4 Å². The maximum atomic E-state index is 11.9. The molecule has 0 radical (unpaired) electrons. The second kappa shape index (κ2) is 6.30. The largest absolute Gasteiger partial charge is 0.482 e. The van der Waals surface area contributed by atoms with Crippen LogP contribution < -0.4 is 15.4 Å². The van der Waals surface area contributed by atoms with Crippen LogP contribution in [-0.2, 0) is 16.0 Å². The Morgan fingerprint density at radius 2 is 2.00 bits per heavy atom. The number of anilines is 2. The SMILES string of the molecule is O=C(CCc1ccc2c(c1)NC(=O)CO2)Nc1ccccc1. The fourth-order valence-corrected chi connectivity index (χ4v) is 2.29. The average Bonchev–Trinajstić information content (AvgIpc) is 2.53. The molecule has 0 bridgehead atoms. The van der Waals surface area contributed by atoms with E-state index in [0.29, 0.717) is 24.3 Å². The molecule has 0 atom stereocenters. The molecular formula is C17H16N2O3. The molecule has 2 aromatic rings. The molecule has 2 aromatic carbocycles. The van der Waals surface area contributed by atoms with Gasteiger partial charge in [-0.15, -0.1) is 0 Å². The van der Waals surface area contributed by atoms with E-state index in [2.05, 4.69) is 10.6 Å². The first-order valence-electron chi connectivity index (χ1n) is 7.11. The zero-order valence-corrected chi connectivity index (χ0v) is 12.0. The topological polar surface area (TPSA) is 67.4 Å².